The molecule has 4 nitrogen and oxygen atoms in total. The van der Waals surface area contributed by atoms with Crippen LogP contribution in [0.5, 0.6) is 0 Å². The lowest BCUT2D eigenvalue weighted by molar-refractivity contribution is -0.137. The summed E-state index contributed by atoms with van der Waals surface area (Å²) in [5, 5.41) is 8.26. The van der Waals surface area contributed by atoms with Crippen molar-refractivity contribution in [3.8, 4) is 0 Å². The topological polar surface area (TPSA) is 66.7 Å². The molecule has 0 bridgehead atoms. The van der Waals surface area contributed by atoms with Gasteiger partial charge in [-0.15, -0.1) is 0 Å². The van der Waals surface area contributed by atoms with E-state index in [9.17, 15) is 9.00 Å². The second kappa shape index (κ2) is 4.33. The molecule has 0 amide bonds. The SMILES string of the molecule is CN=S(C)(=O)CCCC(=O)O. The van der Waals surface area contributed by atoms with Crippen LogP contribution < -0.4 is 0 Å². The molecular weight excluding hydrogens is 166 g/mol. The van der Waals surface area contributed by atoms with Crippen molar-refractivity contribution < 1.29 is 14.1 Å². The highest BCUT2D eigenvalue weighted by Crippen LogP contribution is 1.96. The van der Waals surface area contributed by atoms with Gasteiger partial charge in [0.15, 0.2) is 0 Å². The molecule has 0 aliphatic rings. The molecule has 0 spiro atoms. The summed E-state index contributed by atoms with van der Waals surface area (Å²) in [4.78, 5) is 10.1. The second-order valence-electron chi connectivity index (χ2n) is 2.34. The maximum absolute atomic E-state index is 11.2. The number of rotatable bonds is 4. The first-order valence-corrected chi connectivity index (χ1v) is 5.37. The highest BCUT2D eigenvalue weighted by molar-refractivity contribution is 7.92. The van der Waals surface area contributed by atoms with Gasteiger partial charge >= 0.3 is 5.97 Å². The Kier molecular flexibility index (Phi) is 4.10. The summed E-state index contributed by atoms with van der Waals surface area (Å²) in [5.74, 6) is -0.480. The van der Waals surface area contributed by atoms with Crippen molar-refractivity contribution >= 4 is 15.7 Å². The largest absolute Gasteiger partial charge is 0.481 e. The fourth-order valence-corrected chi connectivity index (χ4v) is 1.45. The van der Waals surface area contributed by atoms with E-state index in [1.807, 2.05) is 0 Å². The lowest BCUT2D eigenvalue weighted by Gasteiger charge is -1.99. The molecule has 66 valence electrons. The standard InChI is InChI=1S/C6H13NO3S/c1-7-11(2,10)5-3-4-6(8)9/h3-5H2,1-2H3,(H,8,9). The van der Waals surface area contributed by atoms with Gasteiger partial charge in [-0.05, 0) is 6.42 Å². The molecule has 0 fully saturated rings. The molecule has 1 atom stereocenters. The number of carbonyl (C=O) groups is 1. The molecule has 0 saturated heterocycles. The van der Waals surface area contributed by atoms with Crippen LogP contribution >= 0.6 is 0 Å². The number of aliphatic carboxylic acids is 1. The zero-order chi connectivity index (χ0) is 8.91. The third kappa shape index (κ3) is 5.84. The first-order valence-electron chi connectivity index (χ1n) is 3.27. The Labute approximate surface area is 66.8 Å². The fourth-order valence-electron chi connectivity index (χ4n) is 0.582. The lowest BCUT2D eigenvalue weighted by atomic mass is 10.3. The summed E-state index contributed by atoms with van der Waals surface area (Å²) >= 11 is 0. The molecule has 0 rings (SSSR count). The molecule has 0 aliphatic carbocycles. The summed E-state index contributed by atoms with van der Waals surface area (Å²) in [7, 11) is -0.614. The molecule has 0 heterocycles. The van der Waals surface area contributed by atoms with Crippen molar-refractivity contribution in [2.45, 2.75) is 12.8 Å². The van der Waals surface area contributed by atoms with Crippen LogP contribution in [0.15, 0.2) is 4.36 Å². The maximum Gasteiger partial charge on any atom is 0.303 e. The zero-order valence-corrected chi connectivity index (χ0v) is 7.56. The number of nitrogens with zero attached hydrogens (tertiary/aromatic N) is 1. The Morgan fingerprint density at radius 2 is 2.18 bits per heavy atom. The summed E-state index contributed by atoms with van der Waals surface area (Å²) in [5.41, 5.74) is 0. The van der Waals surface area contributed by atoms with Crippen LogP contribution in [0.4, 0.5) is 0 Å². The summed E-state index contributed by atoms with van der Waals surface area (Å²) in [6.07, 6.45) is 2.04. The third-order valence-corrected chi connectivity index (χ3v) is 3.12. The molecule has 0 saturated carbocycles. The molecule has 5 heteroatoms. The first kappa shape index (κ1) is 10.4. The van der Waals surface area contributed by atoms with Gasteiger partial charge in [0.05, 0.1) is 0 Å². The molecule has 0 aromatic carbocycles. The maximum atomic E-state index is 11.2. The average Bonchev–Trinajstić information content (AvgIpc) is 1.87. The molecule has 0 aromatic rings. The zero-order valence-electron chi connectivity index (χ0n) is 6.74. The normalized spacial score (nSPS) is 15.5. The van der Waals surface area contributed by atoms with E-state index in [0.717, 1.165) is 0 Å². The van der Waals surface area contributed by atoms with Gasteiger partial charge in [-0.1, -0.05) is 0 Å². The number of carboxylic acids is 1. The van der Waals surface area contributed by atoms with Gasteiger partial charge in [0.25, 0.3) is 0 Å². The van der Waals surface area contributed by atoms with Crippen LogP contribution in [0.2, 0.25) is 0 Å². The van der Waals surface area contributed by atoms with Gasteiger partial charge in [0.2, 0.25) is 0 Å². The van der Waals surface area contributed by atoms with Crippen molar-refractivity contribution in [1.29, 1.82) is 0 Å². The van der Waals surface area contributed by atoms with Crippen molar-refractivity contribution in [2.24, 2.45) is 4.36 Å². The minimum atomic E-state index is -2.10. The van der Waals surface area contributed by atoms with Crippen molar-refractivity contribution in [2.75, 3.05) is 19.1 Å². The van der Waals surface area contributed by atoms with Crippen molar-refractivity contribution in [3.63, 3.8) is 0 Å². The summed E-state index contributed by atoms with van der Waals surface area (Å²) in [6.45, 7) is 0. The second-order valence-corrected chi connectivity index (χ2v) is 5.04. The van der Waals surface area contributed by atoms with Crippen LogP contribution in [-0.2, 0) is 14.5 Å². The van der Waals surface area contributed by atoms with Gasteiger partial charge in [-0.25, -0.2) is 4.36 Å². The monoisotopic (exact) mass is 179 g/mol. The lowest BCUT2D eigenvalue weighted by Crippen LogP contribution is -2.05. The van der Waals surface area contributed by atoms with Crippen LogP contribution in [0.3, 0.4) is 0 Å². The van der Waals surface area contributed by atoms with E-state index in [0.29, 0.717) is 12.2 Å². The fraction of sp³-hybridized carbons (Fsp3) is 0.833. The molecular formula is C6H13NO3S. The number of hydrogen-bond donors (Lipinski definition) is 1. The minimum absolute atomic E-state index is 0.0698. The number of hydrogen-bond acceptors (Lipinski definition) is 3. The predicted molar refractivity (Wildman–Crippen MR) is 44.2 cm³/mol. The Hall–Kier alpha value is -0.580. The molecule has 11 heavy (non-hydrogen) atoms. The van der Waals surface area contributed by atoms with Gasteiger partial charge in [-0.3, -0.25) is 9.00 Å². The Bertz CT molecular complexity index is 240. The van der Waals surface area contributed by atoms with E-state index in [2.05, 4.69) is 4.36 Å². The van der Waals surface area contributed by atoms with Crippen LogP contribution in [0.25, 0.3) is 0 Å². The van der Waals surface area contributed by atoms with Crippen molar-refractivity contribution in [1.82, 2.24) is 0 Å². The quantitative estimate of drug-likeness (QED) is 0.686. The van der Waals surface area contributed by atoms with E-state index in [1.165, 1.54) is 13.3 Å². The molecule has 0 radical (unpaired) electrons. The minimum Gasteiger partial charge on any atom is -0.481 e. The van der Waals surface area contributed by atoms with E-state index in [1.54, 1.807) is 0 Å². The highest BCUT2D eigenvalue weighted by Gasteiger charge is 2.01. The molecule has 0 aromatic heterocycles. The van der Waals surface area contributed by atoms with Crippen molar-refractivity contribution in [3.05, 3.63) is 0 Å². The van der Waals surface area contributed by atoms with Crippen LogP contribution in [0.1, 0.15) is 12.8 Å². The van der Waals surface area contributed by atoms with Crippen LogP contribution in [0, 0.1) is 0 Å². The predicted octanol–water partition coefficient (Wildman–Crippen LogP) is 0.579. The van der Waals surface area contributed by atoms with E-state index >= 15 is 0 Å². The molecule has 1 N–H and O–H groups in total. The highest BCUT2D eigenvalue weighted by atomic mass is 32.2. The third-order valence-electron chi connectivity index (χ3n) is 1.30. The van der Waals surface area contributed by atoms with E-state index in [4.69, 9.17) is 5.11 Å². The van der Waals surface area contributed by atoms with Gasteiger partial charge < -0.3 is 5.11 Å². The summed E-state index contributed by atoms with van der Waals surface area (Å²) < 4.78 is 14.8. The first-order chi connectivity index (χ1) is 4.98. The summed E-state index contributed by atoms with van der Waals surface area (Å²) in [6, 6.07) is 0. The van der Waals surface area contributed by atoms with Gasteiger partial charge in [0.1, 0.15) is 0 Å². The smallest absolute Gasteiger partial charge is 0.303 e. The number of carboxylic acid groups (broad SMARTS) is 1. The van der Waals surface area contributed by atoms with Gasteiger partial charge in [0, 0.05) is 35.2 Å². The van der Waals surface area contributed by atoms with E-state index < -0.39 is 15.7 Å². The van der Waals surface area contributed by atoms with Gasteiger partial charge in [-0.2, -0.15) is 0 Å². The molecule has 1 unspecified atom stereocenters. The Morgan fingerprint density at radius 3 is 2.55 bits per heavy atom. The Balaban J connectivity index is 3.73. The van der Waals surface area contributed by atoms with E-state index in [-0.39, 0.29) is 6.42 Å². The molecule has 0 aliphatic heterocycles. The average molecular weight is 179 g/mol. The van der Waals surface area contributed by atoms with Crippen LogP contribution in [-0.4, -0.2) is 34.3 Å². The Morgan fingerprint density at radius 1 is 1.64 bits per heavy atom.